The van der Waals surface area contributed by atoms with Gasteiger partial charge in [0.05, 0.1) is 0 Å². The van der Waals surface area contributed by atoms with Crippen molar-refractivity contribution < 1.29 is 0 Å². The van der Waals surface area contributed by atoms with Gasteiger partial charge in [-0.25, -0.2) is 0 Å². The number of allylic oxidation sites excluding steroid dienone is 1. The second-order valence-corrected chi connectivity index (χ2v) is 3.83. The molecule has 0 spiro atoms. The zero-order valence-electron chi connectivity index (χ0n) is 9.85. The molecule has 0 heterocycles. The van der Waals surface area contributed by atoms with Gasteiger partial charge in [0.15, 0.2) is 0 Å². The van der Waals surface area contributed by atoms with Crippen LogP contribution in [0.3, 0.4) is 0 Å². The number of hydrogen-bond acceptors (Lipinski definition) is 0. The molecule has 0 fully saturated rings. The molecule has 0 saturated heterocycles. The van der Waals surface area contributed by atoms with Crippen molar-refractivity contribution in [2.75, 3.05) is 0 Å². The third-order valence-electron chi connectivity index (χ3n) is 2.51. The summed E-state index contributed by atoms with van der Waals surface area (Å²) in [6.45, 7) is 2.07. The van der Waals surface area contributed by atoms with Gasteiger partial charge in [0.25, 0.3) is 0 Å². The van der Waals surface area contributed by atoms with Gasteiger partial charge < -0.3 is 0 Å². The van der Waals surface area contributed by atoms with Gasteiger partial charge in [-0.05, 0) is 36.3 Å². The molecular weight excluding hydrogens is 204 g/mol. The van der Waals surface area contributed by atoms with Crippen LogP contribution in [0.15, 0.2) is 60.7 Å². The largest absolute Gasteiger partial charge is 0.0696 e. The van der Waals surface area contributed by atoms with Gasteiger partial charge in [0, 0.05) is 5.56 Å². The van der Waals surface area contributed by atoms with E-state index in [9.17, 15) is 0 Å². The lowest BCUT2D eigenvalue weighted by Crippen LogP contribution is -1.78. The second kappa shape index (κ2) is 5.72. The van der Waals surface area contributed by atoms with Crippen molar-refractivity contribution in [2.24, 2.45) is 0 Å². The fraction of sp³-hybridized carbons (Fsp3) is 0.0588. The summed E-state index contributed by atoms with van der Waals surface area (Å²) in [6.07, 6.45) is 3.91. The topological polar surface area (TPSA) is 0 Å². The summed E-state index contributed by atoms with van der Waals surface area (Å²) < 4.78 is 0. The summed E-state index contributed by atoms with van der Waals surface area (Å²) in [4.78, 5) is 0. The fourth-order valence-electron chi connectivity index (χ4n) is 1.53. The van der Waals surface area contributed by atoms with Crippen LogP contribution in [0, 0.1) is 18.8 Å². The summed E-state index contributed by atoms with van der Waals surface area (Å²) >= 11 is 0. The van der Waals surface area contributed by atoms with E-state index in [1.807, 2.05) is 48.6 Å². The van der Waals surface area contributed by atoms with Crippen LogP contribution in [-0.4, -0.2) is 0 Å². The van der Waals surface area contributed by atoms with Crippen molar-refractivity contribution in [3.63, 3.8) is 0 Å². The molecule has 82 valence electrons. The predicted molar refractivity (Wildman–Crippen MR) is 73.5 cm³/mol. The summed E-state index contributed by atoms with van der Waals surface area (Å²) in [5.74, 6) is 6.21. The Labute approximate surface area is 103 Å². The zero-order chi connectivity index (χ0) is 11.9. The zero-order valence-corrected chi connectivity index (χ0v) is 9.85. The second-order valence-electron chi connectivity index (χ2n) is 3.83. The van der Waals surface area contributed by atoms with Crippen LogP contribution in [0.25, 0.3) is 6.08 Å². The van der Waals surface area contributed by atoms with E-state index in [4.69, 9.17) is 0 Å². The molecule has 2 aromatic carbocycles. The van der Waals surface area contributed by atoms with Crippen LogP contribution in [0.5, 0.6) is 0 Å². The van der Waals surface area contributed by atoms with Crippen molar-refractivity contribution in [3.05, 3.63) is 77.4 Å². The van der Waals surface area contributed by atoms with E-state index in [0.717, 1.165) is 5.56 Å². The van der Waals surface area contributed by atoms with Crippen LogP contribution in [0.1, 0.15) is 16.7 Å². The first-order valence-electron chi connectivity index (χ1n) is 5.65. The lowest BCUT2D eigenvalue weighted by Gasteiger charge is -1.93. The standard InChI is InChI=1S/C17H14/c1-15-9-5-7-13-17(15)14-8-6-12-16-10-3-2-4-11-16/h2-7,9-13H,1H3/b12-6+. The molecule has 2 aromatic rings. The molecule has 0 bridgehead atoms. The van der Waals surface area contributed by atoms with Crippen LogP contribution in [-0.2, 0) is 0 Å². The molecule has 0 aliphatic carbocycles. The third-order valence-corrected chi connectivity index (χ3v) is 2.51. The van der Waals surface area contributed by atoms with Crippen molar-refractivity contribution in [1.82, 2.24) is 0 Å². The van der Waals surface area contributed by atoms with E-state index >= 15 is 0 Å². The van der Waals surface area contributed by atoms with Gasteiger partial charge in [-0.3, -0.25) is 0 Å². The van der Waals surface area contributed by atoms with Crippen LogP contribution >= 0.6 is 0 Å². The fourth-order valence-corrected chi connectivity index (χ4v) is 1.53. The molecule has 0 amide bonds. The van der Waals surface area contributed by atoms with Crippen LogP contribution < -0.4 is 0 Å². The predicted octanol–water partition coefficient (Wildman–Crippen LogP) is 4.06. The van der Waals surface area contributed by atoms with Gasteiger partial charge in [-0.15, -0.1) is 0 Å². The van der Waals surface area contributed by atoms with Crippen molar-refractivity contribution in [3.8, 4) is 11.8 Å². The summed E-state index contributed by atoms with van der Waals surface area (Å²) in [5.41, 5.74) is 3.48. The average molecular weight is 218 g/mol. The normalized spacial score (nSPS) is 9.94. The molecule has 0 radical (unpaired) electrons. The Morgan fingerprint density at radius 3 is 2.35 bits per heavy atom. The molecule has 17 heavy (non-hydrogen) atoms. The minimum Gasteiger partial charge on any atom is -0.0696 e. The first-order chi connectivity index (χ1) is 8.36. The Bertz CT molecular complexity index is 566. The lowest BCUT2D eigenvalue weighted by molar-refractivity contribution is 1.44. The van der Waals surface area contributed by atoms with E-state index in [-0.39, 0.29) is 0 Å². The van der Waals surface area contributed by atoms with Gasteiger partial charge >= 0.3 is 0 Å². The smallest absolute Gasteiger partial charge is 0.0278 e. The molecule has 0 saturated carbocycles. The van der Waals surface area contributed by atoms with Gasteiger partial charge in [-0.1, -0.05) is 60.4 Å². The number of aryl methyl sites for hydroxylation is 1. The Kier molecular flexibility index (Phi) is 3.78. The highest BCUT2D eigenvalue weighted by Gasteiger charge is 1.89. The molecule has 0 aromatic heterocycles. The quantitative estimate of drug-likeness (QED) is 0.633. The molecule has 0 N–H and O–H groups in total. The maximum Gasteiger partial charge on any atom is 0.0278 e. The Balaban J connectivity index is 2.09. The maximum atomic E-state index is 3.15. The minimum atomic E-state index is 1.09. The highest BCUT2D eigenvalue weighted by molar-refractivity contribution is 5.53. The lowest BCUT2D eigenvalue weighted by atomic mass is 10.1. The molecule has 0 atom stereocenters. The maximum absolute atomic E-state index is 3.15. The minimum absolute atomic E-state index is 1.09. The molecule has 0 unspecified atom stereocenters. The van der Waals surface area contributed by atoms with Crippen molar-refractivity contribution in [1.29, 1.82) is 0 Å². The molecular formula is C17H14. The first-order valence-corrected chi connectivity index (χ1v) is 5.65. The van der Waals surface area contributed by atoms with E-state index < -0.39 is 0 Å². The molecule has 0 aliphatic heterocycles. The van der Waals surface area contributed by atoms with E-state index in [2.05, 4.69) is 37.0 Å². The van der Waals surface area contributed by atoms with Crippen LogP contribution in [0.4, 0.5) is 0 Å². The number of benzene rings is 2. The summed E-state index contributed by atoms with van der Waals surface area (Å²) in [7, 11) is 0. The average Bonchev–Trinajstić information content (AvgIpc) is 2.38. The number of rotatable bonds is 1. The number of hydrogen-bond donors (Lipinski definition) is 0. The molecule has 2 rings (SSSR count). The Hall–Kier alpha value is -2.26. The highest BCUT2D eigenvalue weighted by atomic mass is 13.9. The molecule has 0 aliphatic rings. The van der Waals surface area contributed by atoms with Crippen LogP contribution in [0.2, 0.25) is 0 Å². The first kappa shape index (κ1) is 11.2. The highest BCUT2D eigenvalue weighted by Crippen LogP contribution is 2.04. The van der Waals surface area contributed by atoms with E-state index in [1.54, 1.807) is 0 Å². The van der Waals surface area contributed by atoms with E-state index in [0.29, 0.717) is 0 Å². The van der Waals surface area contributed by atoms with Crippen molar-refractivity contribution >= 4 is 6.08 Å². The SMILES string of the molecule is Cc1ccccc1C#C/C=C/c1ccccc1. The monoisotopic (exact) mass is 218 g/mol. The van der Waals surface area contributed by atoms with Crippen molar-refractivity contribution in [2.45, 2.75) is 6.92 Å². The van der Waals surface area contributed by atoms with E-state index in [1.165, 1.54) is 11.1 Å². The third kappa shape index (κ3) is 3.36. The van der Waals surface area contributed by atoms with Gasteiger partial charge in [0.1, 0.15) is 0 Å². The summed E-state index contributed by atoms with van der Waals surface area (Å²) in [6, 6.07) is 18.3. The van der Waals surface area contributed by atoms with Gasteiger partial charge in [-0.2, -0.15) is 0 Å². The Morgan fingerprint density at radius 2 is 1.59 bits per heavy atom. The Morgan fingerprint density at radius 1 is 0.882 bits per heavy atom. The molecule has 0 heteroatoms. The molecule has 0 nitrogen and oxygen atoms in total. The summed E-state index contributed by atoms with van der Waals surface area (Å²) in [5, 5.41) is 0. The van der Waals surface area contributed by atoms with Gasteiger partial charge in [0.2, 0.25) is 0 Å².